The van der Waals surface area contributed by atoms with Crippen molar-refractivity contribution >= 4 is 17.7 Å². The Morgan fingerprint density at radius 1 is 1.39 bits per heavy atom. The molecule has 94 valence electrons. The molecular formula is C13H14N2O3. The van der Waals surface area contributed by atoms with Gasteiger partial charge >= 0.3 is 0 Å². The molecule has 2 rings (SSSR count). The minimum Gasteiger partial charge on any atom is -0.347 e. The third kappa shape index (κ3) is 1.59. The summed E-state index contributed by atoms with van der Waals surface area (Å²) in [4.78, 5) is 23.0. The molecule has 1 aliphatic rings. The number of hydrogen-bond donors (Lipinski definition) is 0. The van der Waals surface area contributed by atoms with Gasteiger partial charge in [0.2, 0.25) is 0 Å². The van der Waals surface area contributed by atoms with E-state index in [9.17, 15) is 14.9 Å². The summed E-state index contributed by atoms with van der Waals surface area (Å²) in [5.41, 5.74) is 2.28. The highest BCUT2D eigenvalue weighted by Gasteiger charge is 2.39. The molecule has 0 fully saturated rings. The third-order valence-electron chi connectivity index (χ3n) is 3.45. The SMILES string of the molecule is CN1/C(=C\C=O)C(C)(C)c2cc([N+](=O)[O-])ccc21. The quantitative estimate of drug-likeness (QED) is 0.348. The molecule has 0 bridgehead atoms. The predicted octanol–water partition coefficient (Wildman–Crippen LogP) is 2.41. The van der Waals surface area contributed by atoms with Gasteiger partial charge in [0.1, 0.15) is 6.29 Å². The molecule has 0 amide bonds. The van der Waals surface area contributed by atoms with Gasteiger partial charge in [0, 0.05) is 36.0 Å². The fraction of sp³-hybridized carbons (Fsp3) is 0.308. The average Bonchev–Trinajstić information content (AvgIpc) is 2.51. The first-order valence-corrected chi connectivity index (χ1v) is 5.58. The monoisotopic (exact) mass is 246 g/mol. The molecule has 0 saturated carbocycles. The molecule has 0 atom stereocenters. The van der Waals surface area contributed by atoms with E-state index < -0.39 is 10.3 Å². The molecule has 5 heteroatoms. The van der Waals surface area contributed by atoms with Crippen LogP contribution < -0.4 is 4.90 Å². The van der Waals surface area contributed by atoms with Gasteiger partial charge in [-0.2, -0.15) is 0 Å². The maximum atomic E-state index is 10.8. The first-order valence-electron chi connectivity index (χ1n) is 5.58. The van der Waals surface area contributed by atoms with E-state index in [0.29, 0.717) is 0 Å². The topological polar surface area (TPSA) is 63.5 Å². The summed E-state index contributed by atoms with van der Waals surface area (Å²) in [6.45, 7) is 3.91. The lowest BCUT2D eigenvalue weighted by molar-refractivity contribution is -0.384. The van der Waals surface area contributed by atoms with E-state index in [1.807, 2.05) is 25.8 Å². The summed E-state index contributed by atoms with van der Waals surface area (Å²) in [5.74, 6) is 0. The highest BCUT2D eigenvalue weighted by Crippen LogP contribution is 2.47. The highest BCUT2D eigenvalue weighted by atomic mass is 16.6. The number of nitro groups is 1. The van der Waals surface area contributed by atoms with Crippen molar-refractivity contribution in [2.45, 2.75) is 19.3 Å². The van der Waals surface area contributed by atoms with Gasteiger partial charge in [-0.3, -0.25) is 14.9 Å². The van der Waals surface area contributed by atoms with Gasteiger partial charge in [0.15, 0.2) is 0 Å². The molecule has 0 radical (unpaired) electrons. The smallest absolute Gasteiger partial charge is 0.269 e. The Bertz CT molecular complexity index is 561. The van der Waals surface area contributed by atoms with Crippen molar-refractivity contribution in [1.82, 2.24) is 0 Å². The van der Waals surface area contributed by atoms with E-state index in [1.165, 1.54) is 12.1 Å². The van der Waals surface area contributed by atoms with E-state index in [-0.39, 0.29) is 5.69 Å². The Balaban J connectivity index is 2.65. The second-order valence-electron chi connectivity index (χ2n) is 4.83. The van der Waals surface area contributed by atoms with Crippen LogP contribution in [0.2, 0.25) is 0 Å². The van der Waals surface area contributed by atoms with E-state index >= 15 is 0 Å². The first-order chi connectivity index (χ1) is 8.39. The zero-order chi connectivity index (χ0) is 13.5. The lowest BCUT2D eigenvalue weighted by Gasteiger charge is -2.23. The summed E-state index contributed by atoms with van der Waals surface area (Å²) >= 11 is 0. The van der Waals surface area contributed by atoms with Crippen molar-refractivity contribution in [3.63, 3.8) is 0 Å². The van der Waals surface area contributed by atoms with Crippen molar-refractivity contribution in [3.05, 3.63) is 45.6 Å². The fourth-order valence-corrected chi connectivity index (χ4v) is 2.50. The molecule has 0 N–H and O–H groups in total. The van der Waals surface area contributed by atoms with Crippen molar-refractivity contribution < 1.29 is 9.72 Å². The summed E-state index contributed by atoms with van der Waals surface area (Å²) in [7, 11) is 1.86. The van der Waals surface area contributed by atoms with Crippen LogP contribution >= 0.6 is 0 Å². The second-order valence-corrected chi connectivity index (χ2v) is 4.83. The molecule has 0 spiro atoms. The van der Waals surface area contributed by atoms with Gasteiger partial charge in [0.05, 0.1) is 4.92 Å². The maximum Gasteiger partial charge on any atom is 0.269 e. The van der Waals surface area contributed by atoms with Crippen LogP contribution in [-0.4, -0.2) is 18.3 Å². The average molecular weight is 246 g/mol. The molecule has 1 aromatic rings. The lowest BCUT2D eigenvalue weighted by atomic mass is 9.83. The van der Waals surface area contributed by atoms with Gasteiger partial charge in [-0.05, 0) is 17.7 Å². The maximum absolute atomic E-state index is 10.8. The molecule has 1 heterocycles. The van der Waals surface area contributed by atoms with Crippen LogP contribution in [-0.2, 0) is 10.2 Å². The minimum absolute atomic E-state index is 0.0718. The number of benzene rings is 1. The van der Waals surface area contributed by atoms with Gasteiger partial charge in [-0.1, -0.05) is 13.8 Å². The standard InChI is InChI=1S/C13H14N2O3/c1-13(2)10-8-9(15(17)18)4-5-11(10)14(3)12(13)6-7-16/h4-8H,1-3H3/b12-6-. The molecule has 0 aromatic heterocycles. The second kappa shape index (κ2) is 3.94. The number of allylic oxidation sites excluding steroid dienone is 2. The number of rotatable bonds is 2. The van der Waals surface area contributed by atoms with Crippen molar-refractivity contribution in [2.24, 2.45) is 0 Å². The first kappa shape index (κ1) is 12.3. The van der Waals surface area contributed by atoms with Crippen LogP contribution in [0.15, 0.2) is 30.0 Å². The Morgan fingerprint density at radius 2 is 2.06 bits per heavy atom. The lowest BCUT2D eigenvalue weighted by Crippen LogP contribution is -2.23. The van der Waals surface area contributed by atoms with Crippen molar-refractivity contribution in [2.75, 3.05) is 11.9 Å². The molecule has 0 unspecified atom stereocenters. The molecule has 1 aromatic carbocycles. The normalized spacial score (nSPS) is 18.8. The number of fused-ring (bicyclic) bond motifs is 1. The largest absolute Gasteiger partial charge is 0.347 e. The van der Waals surface area contributed by atoms with E-state index in [0.717, 1.165) is 23.2 Å². The Morgan fingerprint density at radius 3 is 2.61 bits per heavy atom. The van der Waals surface area contributed by atoms with Crippen LogP contribution in [0.25, 0.3) is 0 Å². The van der Waals surface area contributed by atoms with Crippen molar-refractivity contribution in [1.29, 1.82) is 0 Å². The van der Waals surface area contributed by atoms with Gasteiger partial charge in [0.25, 0.3) is 5.69 Å². The Hall–Kier alpha value is -2.17. The van der Waals surface area contributed by atoms with Gasteiger partial charge in [-0.25, -0.2) is 0 Å². The molecule has 0 saturated heterocycles. The number of hydrogen-bond acceptors (Lipinski definition) is 4. The van der Waals surface area contributed by atoms with Crippen LogP contribution in [0, 0.1) is 10.1 Å². The summed E-state index contributed by atoms with van der Waals surface area (Å²) in [5, 5.41) is 10.8. The number of carbonyl (C=O) groups is 1. The van der Waals surface area contributed by atoms with E-state index in [2.05, 4.69) is 0 Å². The Labute approximate surface area is 105 Å². The number of nitrogens with zero attached hydrogens (tertiary/aromatic N) is 2. The summed E-state index contributed by atoms with van der Waals surface area (Å²) in [6, 6.07) is 4.79. The summed E-state index contributed by atoms with van der Waals surface area (Å²) in [6.07, 6.45) is 2.25. The zero-order valence-electron chi connectivity index (χ0n) is 10.5. The van der Waals surface area contributed by atoms with Crippen LogP contribution in [0.5, 0.6) is 0 Å². The van der Waals surface area contributed by atoms with Gasteiger partial charge in [-0.15, -0.1) is 0 Å². The highest BCUT2D eigenvalue weighted by molar-refractivity contribution is 5.77. The number of nitro benzene ring substituents is 1. The molecule has 18 heavy (non-hydrogen) atoms. The molecule has 5 nitrogen and oxygen atoms in total. The number of non-ortho nitro benzene ring substituents is 1. The number of likely N-dealkylation sites (N-methyl/N-ethyl adjacent to an activating group) is 1. The molecular weight excluding hydrogens is 232 g/mol. The van der Waals surface area contributed by atoms with Gasteiger partial charge < -0.3 is 4.90 Å². The number of carbonyl (C=O) groups excluding carboxylic acids is 1. The van der Waals surface area contributed by atoms with Crippen LogP contribution in [0.1, 0.15) is 19.4 Å². The zero-order valence-corrected chi connectivity index (χ0v) is 10.5. The fourth-order valence-electron chi connectivity index (χ4n) is 2.50. The minimum atomic E-state index is -0.406. The van der Waals surface area contributed by atoms with Crippen LogP contribution in [0.3, 0.4) is 0 Å². The molecule has 0 aliphatic carbocycles. The third-order valence-corrected chi connectivity index (χ3v) is 3.45. The van der Waals surface area contributed by atoms with E-state index in [1.54, 1.807) is 12.1 Å². The van der Waals surface area contributed by atoms with Crippen LogP contribution in [0.4, 0.5) is 11.4 Å². The summed E-state index contributed by atoms with van der Waals surface area (Å²) < 4.78 is 0. The van der Waals surface area contributed by atoms with E-state index in [4.69, 9.17) is 0 Å². The number of anilines is 1. The Kier molecular flexibility index (Phi) is 2.69. The molecule has 1 aliphatic heterocycles. The predicted molar refractivity (Wildman–Crippen MR) is 68.7 cm³/mol. The van der Waals surface area contributed by atoms with Crippen molar-refractivity contribution in [3.8, 4) is 0 Å². The number of aldehydes is 1.